The minimum absolute atomic E-state index is 0.0354. The van der Waals surface area contributed by atoms with Gasteiger partial charge >= 0.3 is 6.18 Å². The Morgan fingerprint density at radius 3 is 2.75 bits per heavy atom. The van der Waals surface area contributed by atoms with Crippen molar-refractivity contribution in [3.8, 4) is 5.75 Å². The van der Waals surface area contributed by atoms with Crippen molar-refractivity contribution in [1.29, 1.82) is 0 Å². The first-order chi connectivity index (χ1) is 19.1. The molecule has 1 aliphatic heterocycles. The van der Waals surface area contributed by atoms with Crippen molar-refractivity contribution in [2.24, 2.45) is 12.8 Å². The van der Waals surface area contributed by atoms with Gasteiger partial charge in [0.15, 0.2) is 23.0 Å². The Bertz CT molecular complexity index is 1660. The maximum Gasteiger partial charge on any atom is 0.417 e. The molecule has 1 fully saturated rings. The van der Waals surface area contributed by atoms with Gasteiger partial charge in [0, 0.05) is 45.5 Å². The minimum atomic E-state index is -4.68. The van der Waals surface area contributed by atoms with Crippen LogP contribution >= 0.6 is 11.6 Å². The molecule has 0 aliphatic carbocycles. The van der Waals surface area contributed by atoms with E-state index < -0.39 is 23.3 Å². The van der Waals surface area contributed by atoms with E-state index in [0.29, 0.717) is 30.1 Å². The van der Waals surface area contributed by atoms with Crippen LogP contribution in [0.1, 0.15) is 23.7 Å². The number of ether oxygens (including phenoxy) is 2. The van der Waals surface area contributed by atoms with Crippen LogP contribution in [-0.4, -0.2) is 49.3 Å². The highest BCUT2D eigenvalue weighted by molar-refractivity contribution is 6.36. The standard InChI is InChI=1S/C24H23ClF3N9O3/c1-30-20-18(31-4-5-32-20)15(8-29)40-16-9-33-21-19(17(16)25)36(2)23(35-21)34-14-7-12(24(26,27)28)10-37(22(14)38)13-3-6-39-11-13/h4-5,7-10,13H,3,6,11,29H2,1-2H3,(H,30,32)(H,33,34,35). The number of pyridine rings is 2. The maximum atomic E-state index is 13.7. The number of hydrogen-bond donors (Lipinski definition) is 3. The lowest BCUT2D eigenvalue weighted by molar-refractivity contribution is -0.138. The Kier molecular flexibility index (Phi) is 7.25. The van der Waals surface area contributed by atoms with E-state index in [9.17, 15) is 18.0 Å². The molecule has 12 nitrogen and oxygen atoms in total. The van der Waals surface area contributed by atoms with Gasteiger partial charge in [0.25, 0.3) is 5.56 Å². The van der Waals surface area contributed by atoms with Gasteiger partial charge in [-0.2, -0.15) is 18.2 Å². The summed E-state index contributed by atoms with van der Waals surface area (Å²) in [5, 5.41) is 5.71. The molecule has 4 N–H and O–H groups in total. The zero-order valence-electron chi connectivity index (χ0n) is 21.2. The molecule has 1 aliphatic rings. The topological polar surface area (TPSA) is 147 Å². The van der Waals surface area contributed by atoms with E-state index in [0.717, 1.165) is 16.8 Å². The normalized spacial score (nSPS) is 15.9. The van der Waals surface area contributed by atoms with Crippen molar-refractivity contribution >= 4 is 46.0 Å². The van der Waals surface area contributed by atoms with Gasteiger partial charge in [-0.05, 0) is 12.5 Å². The van der Waals surface area contributed by atoms with Crippen molar-refractivity contribution in [1.82, 2.24) is 29.1 Å². The fourth-order valence-corrected chi connectivity index (χ4v) is 4.56. The van der Waals surface area contributed by atoms with E-state index in [1.165, 1.54) is 29.4 Å². The van der Waals surface area contributed by atoms with Gasteiger partial charge < -0.3 is 35.0 Å². The van der Waals surface area contributed by atoms with Gasteiger partial charge in [0.1, 0.15) is 21.9 Å². The van der Waals surface area contributed by atoms with Gasteiger partial charge in [-0.25, -0.2) is 15.0 Å². The number of anilines is 3. The third-order valence-corrected chi connectivity index (χ3v) is 6.63. The number of imidazole rings is 1. The number of aromatic nitrogens is 6. The number of fused-ring (bicyclic) bond motifs is 1. The number of halogens is 4. The van der Waals surface area contributed by atoms with E-state index in [2.05, 4.69) is 30.6 Å². The van der Waals surface area contributed by atoms with Gasteiger partial charge in [0.2, 0.25) is 5.95 Å². The highest BCUT2D eigenvalue weighted by Gasteiger charge is 2.34. The third kappa shape index (κ3) is 5.00. The molecular weight excluding hydrogens is 555 g/mol. The molecule has 1 atom stereocenters. The van der Waals surface area contributed by atoms with E-state index in [1.807, 2.05) is 0 Å². The van der Waals surface area contributed by atoms with Crippen molar-refractivity contribution in [3.05, 3.63) is 63.7 Å². The summed E-state index contributed by atoms with van der Waals surface area (Å²) < 4.78 is 54.8. The van der Waals surface area contributed by atoms with Crippen LogP contribution in [0.4, 0.5) is 30.6 Å². The Balaban J connectivity index is 1.53. The SMILES string of the molecule is CNc1nccnc1C(=CN)Oc1cnc2nc(Nc3cc(C(F)(F)F)cn(C4CCOC4)c3=O)n(C)c2c1Cl. The zero-order chi connectivity index (χ0) is 28.6. The summed E-state index contributed by atoms with van der Waals surface area (Å²) >= 11 is 6.65. The molecule has 1 unspecified atom stereocenters. The van der Waals surface area contributed by atoms with Crippen LogP contribution in [0.3, 0.4) is 0 Å². The average Bonchev–Trinajstić information content (AvgIpc) is 3.57. The molecule has 5 heterocycles. The molecule has 5 rings (SSSR count). The van der Waals surface area contributed by atoms with E-state index in [-0.39, 0.29) is 40.4 Å². The number of nitrogens with two attached hydrogens (primary N) is 1. The lowest BCUT2D eigenvalue weighted by Crippen LogP contribution is -2.28. The molecule has 0 amide bonds. The van der Waals surface area contributed by atoms with Crippen molar-refractivity contribution in [2.45, 2.75) is 18.6 Å². The minimum Gasteiger partial charge on any atom is -0.450 e. The van der Waals surface area contributed by atoms with Gasteiger partial charge in [-0.15, -0.1) is 0 Å². The fourth-order valence-electron chi connectivity index (χ4n) is 4.26. The number of alkyl halides is 3. The molecule has 4 aromatic heterocycles. The van der Waals surface area contributed by atoms with Crippen LogP contribution in [0.5, 0.6) is 5.75 Å². The first-order valence-electron chi connectivity index (χ1n) is 11.9. The maximum absolute atomic E-state index is 13.7. The van der Waals surface area contributed by atoms with Gasteiger partial charge in [-0.3, -0.25) is 4.79 Å². The van der Waals surface area contributed by atoms with Crippen molar-refractivity contribution in [2.75, 3.05) is 30.9 Å². The molecule has 4 aromatic rings. The van der Waals surface area contributed by atoms with Gasteiger partial charge in [-0.1, -0.05) is 11.6 Å². The van der Waals surface area contributed by atoms with Crippen LogP contribution in [-0.2, 0) is 18.0 Å². The fraction of sp³-hybridized carbons (Fsp3) is 0.292. The Hall–Kier alpha value is -4.37. The lowest BCUT2D eigenvalue weighted by Gasteiger charge is -2.18. The van der Waals surface area contributed by atoms with Crippen molar-refractivity contribution in [3.63, 3.8) is 0 Å². The molecule has 0 bridgehead atoms. The number of nitrogens with one attached hydrogen (secondary N) is 2. The number of nitrogens with zero attached hydrogens (tertiary/aromatic N) is 6. The van der Waals surface area contributed by atoms with Crippen molar-refractivity contribution < 1.29 is 22.6 Å². The van der Waals surface area contributed by atoms with Crippen LogP contribution in [0, 0.1) is 0 Å². The largest absolute Gasteiger partial charge is 0.450 e. The zero-order valence-corrected chi connectivity index (χ0v) is 21.9. The number of hydrogen-bond acceptors (Lipinski definition) is 10. The summed E-state index contributed by atoms with van der Waals surface area (Å²) in [5.41, 5.74) is 4.60. The summed E-state index contributed by atoms with van der Waals surface area (Å²) in [6.07, 6.45) is 2.01. The highest BCUT2D eigenvalue weighted by atomic mass is 35.5. The predicted octanol–water partition coefficient (Wildman–Crippen LogP) is 3.68. The third-order valence-electron chi connectivity index (χ3n) is 6.26. The number of aryl methyl sites for hydroxylation is 1. The lowest BCUT2D eigenvalue weighted by atomic mass is 10.2. The van der Waals surface area contributed by atoms with E-state index in [4.69, 9.17) is 26.8 Å². The molecular formula is C24H23ClF3N9O3. The summed E-state index contributed by atoms with van der Waals surface area (Å²) in [6, 6.07) is 0.227. The summed E-state index contributed by atoms with van der Waals surface area (Å²) in [5.74, 6) is 0.692. The molecule has 1 saturated heterocycles. The van der Waals surface area contributed by atoms with Gasteiger partial charge in [0.05, 0.1) is 24.4 Å². The predicted molar refractivity (Wildman–Crippen MR) is 141 cm³/mol. The smallest absolute Gasteiger partial charge is 0.417 e. The Morgan fingerprint density at radius 1 is 1.30 bits per heavy atom. The molecule has 0 aromatic carbocycles. The first kappa shape index (κ1) is 27.2. The van der Waals surface area contributed by atoms with Crippen LogP contribution in [0.15, 0.2) is 41.8 Å². The first-order valence-corrected chi connectivity index (χ1v) is 12.3. The molecule has 0 radical (unpaired) electrons. The molecule has 210 valence electrons. The Labute approximate surface area is 229 Å². The molecule has 40 heavy (non-hydrogen) atoms. The second kappa shape index (κ2) is 10.7. The summed E-state index contributed by atoms with van der Waals surface area (Å²) in [7, 11) is 3.22. The molecule has 0 spiro atoms. The monoisotopic (exact) mass is 577 g/mol. The average molecular weight is 578 g/mol. The second-order valence-corrected chi connectivity index (χ2v) is 9.11. The quantitative estimate of drug-likeness (QED) is 0.278. The molecule has 16 heteroatoms. The second-order valence-electron chi connectivity index (χ2n) is 8.73. The van der Waals surface area contributed by atoms with E-state index >= 15 is 0 Å². The number of rotatable bonds is 7. The van der Waals surface area contributed by atoms with Crippen LogP contribution in [0.2, 0.25) is 5.02 Å². The summed E-state index contributed by atoms with van der Waals surface area (Å²) in [4.78, 5) is 30.2. The molecule has 0 saturated carbocycles. The highest BCUT2D eigenvalue weighted by Crippen LogP contribution is 2.36. The summed E-state index contributed by atoms with van der Waals surface area (Å²) in [6.45, 7) is 0.489. The van der Waals surface area contributed by atoms with Crippen LogP contribution in [0.25, 0.3) is 16.9 Å². The van der Waals surface area contributed by atoms with E-state index in [1.54, 1.807) is 14.1 Å². The van der Waals surface area contributed by atoms with Crippen LogP contribution < -0.4 is 26.7 Å². The Morgan fingerprint density at radius 2 is 2.08 bits per heavy atom.